The van der Waals surface area contributed by atoms with Gasteiger partial charge in [0, 0.05) is 10.6 Å². The summed E-state index contributed by atoms with van der Waals surface area (Å²) >= 11 is 12.0. The van der Waals surface area contributed by atoms with Crippen molar-refractivity contribution in [1.82, 2.24) is 5.32 Å². The van der Waals surface area contributed by atoms with Gasteiger partial charge in [0.25, 0.3) is 5.91 Å². The Hall–Kier alpha value is -1.06. The van der Waals surface area contributed by atoms with Gasteiger partial charge in [-0.2, -0.15) is 0 Å². The minimum absolute atomic E-state index is 0.138. The summed E-state index contributed by atoms with van der Waals surface area (Å²) in [5.41, 5.74) is 0.705. The second-order valence-electron chi connectivity index (χ2n) is 4.78. The van der Waals surface area contributed by atoms with Gasteiger partial charge in [0.1, 0.15) is 11.4 Å². The average Bonchev–Trinajstić information content (AvgIpc) is 2.87. The van der Waals surface area contributed by atoms with Gasteiger partial charge in [-0.1, -0.05) is 23.2 Å². The number of halogens is 2. The van der Waals surface area contributed by atoms with Crippen LogP contribution in [-0.4, -0.2) is 17.3 Å². The van der Waals surface area contributed by atoms with Crippen molar-refractivity contribution >= 4 is 34.8 Å². The second kappa shape index (κ2) is 4.25. The standard InChI is InChI=1S/C13H12Cl2N2O/c14-8-3-4-9(10(15)7-8)11-12(18)17-13(16-11)5-1-2-6-13/h3-4,7H,1-2,5-6H2,(H,17,18). The summed E-state index contributed by atoms with van der Waals surface area (Å²) in [4.78, 5) is 16.6. The third-order valence-corrected chi connectivity index (χ3v) is 4.05. The van der Waals surface area contributed by atoms with Gasteiger partial charge in [-0.25, -0.2) is 0 Å². The predicted molar refractivity (Wildman–Crippen MR) is 72.3 cm³/mol. The Kier molecular flexibility index (Phi) is 2.83. The zero-order valence-corrected chi connectivity index (χ0v) is 11.2. The molecular formula is C13H12Cl2N2O. The van der Waals surface area contributed by atoms with Gasteiger partial charge in [0.15, 0.2) is 0 Å². The molecule has 5 heteroatoms. The predicted octanol–water partition coefficient (Wildman–Crippen LogP) is 3.18. The molecule has 1 N–H and O–H groups in total. The van der Waals surface area contributed by atoms with Crippen LogP contribution in [0.4, 0.5) is 0 Å². The van der Waals surface area contributed by atoms with Crippen LogP contribution < -0.4 is 5.32 Å². The molecule has 1 aromatic carbocycles. The molecule has 0 saturated heterocycles. The van der Waals surface area contributed by atoms with Gasteiger partial charge in [-0.15, -0.1) is 0 Å². The van der Waals surface area contributed by atoms with Gasteiger partial charge < -0.3 is 5.32 Å². The van der Waals surface area contributed by atoms with Crippen LogP contribution in [0.25, 0.3) is 0 Å². The number of hydrogen-bond donors (Lipinski definition) is 1. The highest BCUT2D eigenvalue weighted by Gasteiger charge is 2.42. The number of aliphatic imine (C=N–C) groups is 1. The molecule has 0 atom stereocenters. The third-order valence-electron chi connectivity index (χ3n) is 3.50. The molecule has 1 aliphatic heterocycles. The first-order valence-corrected chi connectivity index (χ1v) is 6.73. The Bertz CT molecular complexity index is 548. The van der Waals surface area contributed by atoms with E-state index >= 15 is 0 Å². The minimum atomic E-state index is -0.380. The topological polar surface area (TPSA) is 41.5 Å². The summed E-state index contributed by atoms with van der Waals surface area (Å²) in [6.45, 7) is 0. The smallest absolute Gasteiger partial charge is 0.272 e. The molecular weight excluding hydrogens is 271 g/mol. The van der Waals surface area contributed by atoms with Crippen molar-refractivity contribution in [2.45, 2.75) is 31.3 Å². The van der Waals surface area contributed by atoms with Crippen molar-refractivity contribution in [3.63, 3.8) is 0 Å². The van der Waals surface area contributed by atoms with E-state index in [1.165, 1.54) is 0 Å². The second-order valence-corrected chi connectivity index (χ2v) is 5.62. The molecule has 1 aliphatic carbocycles. The van der Waals surface area contributed by atoms with Crippen molar-refractivity contribution in [3.8, 4) is 0 Å². The Morgan fingerprint density at radius 1 is 1.22 bits per heavy atom. The van der Waals surface area contributed by atoms with Crippen LogP contribution in [0.1, 0.15) is 31.2 Å². The molecule has 1 saturated carbocycles. The molecule has 1 aromatic rings. The Labute approximate surface area is 115 Å². The fourth-order valence-electron chi connectivity index (χ4n) is 2.62. The molecule has 1 heterocycles. The first-order chi connectivity index (χ1) is 8.60. The van der Waals surface area contributed by atoms with Crippen molar-refractivity contribution in [3.05, 3.63) is 33.8 Å². The fraction of sp³-hybridized carbons (Fsp3) is 0.385. The number of carbonyl (C=O) groups is 1. The van der Waals surface area contributed by atoms with Crippen molar-refractivity contribution in [2.24, 2.45) is 4.99 Å². The van der Waals surface area contributed by atoms with Crippen LogP contribution in [-0.2, 0) is 4.79 Å². The van der Waals surface area contributed by atoms with Gasteiger partial charge in [-0.3, -0.25) is 9.79 Å². The molecule has 0 unspecified atom stereocenters. The molecule has 3 nitrogen and oxygen atoms in total. The summed E-state index contributed by atoms with van der Waals surface area (Å²) in [5.74, 6) is -0.138. The number of carbonyl (C=O) groups excluding carboxylic acids is 1. The molecule has 18 heavy (non-hydrogen) atoms. The fourth-order valence-corrected chi connectivity index (χ4v) is 3.12. The molecule has 1 amide bonds. The third kappa shape index (κ3) is 1.91. The number of nitrogens with zero attached hydrogens (tertiary/aromatic N) is 1. The molecule has 2 aliphatic rings. The van der Waals surface area contributed by atoms with Crippen LogP contribution in [0.2, 0.25) is 10.0 Å². The first kappa shape index (κ1) is 12.0. The molecule has 3 rings (SSSR count). The quantitative estimate of drug-likeness (QED) is 0.845. The maximum atomic E-state index is 12.0. The van der Waals surface area contributed by atoms with E-state index in [0.29, 0.717) is 21.3 Å². The van der Waals surface area contributed by atoms with Crippen LogP contribution in [0, 0.1) is 0 Å². The molecule has 0 bridgehead atoms. The lowest BCUT2D eigenvalue weighted by atomic mass is 10.1. The largest absolute Gasteiger partial charge is 0.326 e. The number of nitrogens with one attached hydrogen (secondary N) is 1. The molecule has 1 spiro atoms. The number of hydrogen-bond acceptors (Lipinski definition) is 2. The monoisotopic (exact) mass is 282 g/mol. The highest BCUT2D eigenvalue weighted by Crippen LogP contribution is 2.35. The molecule has 0 aromatic heterocycles. The summed E-state index contributed by atoms with van der Waals surface area (Å²) in [7, 11) is 0. The van der Waals surface area contributed by atoms with E-state index in [0.717, 1.165) is 25.7 Å². The maximum Gasteiger partial charge on any atom is 0.272 e. The highest BCUT2D eigenvalue weighted by molar-refractivity contribution is 6.50. The van der Waals surface area contributed by atoms with E-state index in [2.05, 4.69) is 10.3 Å². The van der Waals surface area contributed by atoms with Gasteiger partial charge in [0.2, 0.25) is 0 Å². The normalized spacial score (nSPS) is 21.2. The Morgan fingerprint density at radius 2 is 1.94 bits per heavy atom. The van der Waals surface area contributed by atoms with Crippen molar-refractivity contribution in [1.29, 1.82) is 0 Å². The first-order valence-electron chi connectivity index (χ1n) is 5.97. The van der Waals surface area contributed by atoms with E-state index in [1.807, 2.05) is 0 Å². The molecule has 94 valence electrons. The number of rotatable bonds is 1. The number of benzene rings is 1. The van der Waals surface area contributed by atoms with Crippen molar-refractivity contribution in [2.75, 3.05) is 0 Å². The summed E-state index contributed by atoms with van der Waals surface area (Å²) in [5, 5.41) is 4.00. The van der Waals surface area contributed by atoms with Crippen LogP contribution in [0.15, 0.2) is 23.2 Å². The lowest BCUT2D eigenvalue weighted by Gasteiger charge is -2.18. The Morgan fingerprint density at radius 3 is 2.61 bits per heavy atom. The van der Waals surface area contributed by atoms with E-state index < -0.39 is 0 Å². The lowest BCUT2D eigenvalue weighted by molar-refractivity contribution is -0.115. The lowest BCUT2D eigenvalue weighted by Crippen LogP contribution is -2.39. The van der Waals surface area contributed by atoms with E-state index in [-0.39, 0.29) is 11.6 Å². The van der Waals surface area contributed by atoms with Crippen molar-refractivity contribution < 1.29 is 4.79 Å². The molecule has 1 fully saturated rings. The van der Waals surface area contributed by atoms with Gasteiger partial charge >= 0.3 is 0 Å². The van der Waals surface area contributed by atoms with E-state index in [1.54, 1.807) is 18.2 Å². The van der Waals surface area contributed by atoms with Crippen LogP contribution in [0.5, 0.6) is 0 Å². The average molecular weight is 283 g/mol. The zero-order valence-electron chi connectivity index (χ0n) is 9.67. The van der Waals surface area contributed by atoms with Crippen LogP contribution in [0.3, 0.4) is 0 Å². The number of amides is 1. The summed E-state index contributed by atoms with van der Waals surface area (Å²) < 4.78 is 0. The SMILES string of the molecule is O=C1NC2(CCCC2)N=C1c1ccc(Cl)cc1Cl. The van der Waals surface area contributed by atoms with E-state index in [4.69, 9.17) is 23.2 Å². The van der Waals surface area contributed by atoms with Gasteiger partial charge in [-0.05, 0) is 43.9 Å². The minimum Gasteiger partial charge on any atom is -0.326 e. The summed E-state index contributed by atoms with van der Waals surface area (Å²) in [6.07, 6.45) is 4.03. The van der Waals surface area contributed by atoms with Crippen LogP contribution >= 0.6 is 23.2 Å². The Balaban J connectivity index is 2.03. The van der Waals surface area contributed by atoms with Gasteiger partial charge in [0.05, 0.1) is 5.02 Å². The highest BCUT2D eigenvalue weighted by atomic mass is 35.5. The molecule has 0 radical (unpaired) electrons. The summed E-state index contributed by atoms with van der Waals surface area (Å²) in [6, 6.07) is 5.10. The van der Waals surface area contributed by atoms with E-state index in [9.17, 15) is 4.79 Å². The zero-order chi connectivity index (χ0) is 12.8. The maximum absolute atomic E-state index is 12.0.